The van der Waals surface area contributed by atoms with E-state index in [1.165, 1.54) is 5.56 Å². The molecule has 3 nitrogen and oxygen atoms in total. The van der Waals surface area contributed by atoms with Crippen molar-refractivity contribution >= 4 is 0 Å². The molecule has 0 aromatic heterocycles. The first kappa shape index (κ1) is 15.0. The zero-order chi connectivity index (χ0) is 13.7. The Hall–Kier alpha value is -1.06. The van der Waals surface area contributed by atoms with Gasteiger partial charge in [0.05, 0.1) is 7.11 Å². The van der Waals surface area contributed by atoms with Gasteiger partial charge in [-0.05, 0) is 26.0 Å². The minimum atomic E-state index is 0.102. The van der Waals surface area contributed by atoms with E-state index >= 15 is 0 Å². The molecule has 0 amide bonds. The standard InChI is InChI=1S/C15H25NO2/c1-10(2)13(9-17)15(16-4)12-8-11(3)6-7-14(12)18-5/h6-8,10,13,15-17H,9H2,1-5H3. The Kier molecular flexibility index (Phi) is 5.63. The normalized spacial score (nSPS) is 14.6. The molecule has 0 spiro atoms. The molecular weight excluding hydrogens is 226 g/mol. The Morgan fingerprint density at radius 1 is 1.33 bits per heavy atom. The van der Waals surface area contributed by atoms with E-state index in [0.29, 0.717) is 5.92 Å². The fourth-order valence-corrected chi connectivity index (χ4v) is 2.40. The number of ether oxygens (including phenoxy) is 1. The molecule has 0 aliphatic heterocycles. The zero-order valence-electron chi connectivity index (χ0n) is 12.0. The van der Waals surface area contributed by atoms with E-state index < -0.39 is 0 Å². The Bertz CT molecular complexity index is 377. The SMILES string of the molecule is CNC(c1cc(C)ccc1OC)C(CO)C(C)C. The van der Waals surface area contributed by atoms with Crippen LogP contribution in [-0.4, -0.2) is 25.9 Å². The first-order chi connectivity index (χ1) is 8.54. The Morgan fingerprint density at radius 2 is 2.00 bits per heavy atom. The maximum absolute atomic E-state index is 9.61. The van der Waals surface area contributed by atoms with Crippen molar-refractivity contribution in [1.82, 2.24) is 5.32 Å². The van der Waals surface area contributed by atoms with Crippen LogP contribution >= 0.6 is 0 Å². The molecule has 0 fully saturated rings. The summed E-state index contributed by atoms with van der Waals surface area (Å²) in [5.74, 6) is 1.45. The summed E-state index contributed by atoms with van der Waals surface area (Å²) in [6.45, 7) is 6.50. The molecule has 0 saturated heterocycles. The summed E-state index contributed by atoms with van der Waals surface area (Å²) >= 11 is 0. The lowest BCUT2D eigenvalue weighted by atomic mass is 9.84. The molecule has 102 valence electrons. The van der Waals surface area contributed by atoms with Crippen molar-refractivity contribution in [2.45, 2.75) is 26.8 Å². The lowest BCUT2D eigenvalue weighted by Gasteiger charge is -2.30. The highest BCUT2D eigenvalue weighted by atomic mass is 16.5. The van der Waals surface area contributed by atoms with Crippen molar-refractivity contribution < 1.29 is 9.84 Å². The van der Waals surface area contributed by atoms with Gasteiger partial charge >= 0.3 is 0 Å². The van der Waals surface area contributed by atoms with Crippen LogP contribution < -0.4 is 10.1 Å². The molecule has 2 atom stereocenters. The second kappa shape index (κ2) is 6.76. The van der Waals surface area contributed by atoms with Crippen molar-refractivity contribution in [2.75, 3.05) is 20.8 Å². The van der Waals surface area contributed by atoms with Crippen LogP contribution in [0.3, 0.4) is 0 Å². The van der Waals surface area contributed by atoms with Crippen molar-refractivity contribution in [3.63, 3.8) is 0 Å². The summed E-state index contributed by atoms with van der Waals surface area (Å²) < 4.78 is 5.44. The minimum Gasteiger partial charge on any atom is -0.496 e. The summed E-state index contributed by atoms with van der Waals surface area (Å²) in [4.78, 5) is 0. The van der Waals surface area contributed by atoms with E-state index in [-0.39, 0.29) is 18.6 Å². The number of rotatable bonds is 6. The number of aliphatic hydroxyl groups is 1. The Labute approximate surface area is 110 Å². The smallest absolute Gasteiger partial charge is 0.123 e. The van der Waals surface area contributed by atoms with Gasteiger partial charge in [-0.3, -0.25) is 0 Å². The number of nitrogens with one attached hydrogen (secondary N) is 1. The first-order valence-electron chi connectivity index (χ1n) is 6.47. The van der Waals surface area contributed by atoms with Gasteiger partial charge in [-0.15, -0.1) is 0 Å². The topological polar surface area (TPSA) is 41.5 Å². The summed E-state index contributed by atoms with van der Waals surface area (Å²) in [5, 5.41) is 12.9. The second-order valence-electron chi connectivity index (χ2n) is 5.10. The first-order valence-corrected chi connectivity index (χ1v) is 6.47. The highest BCUT2D eigenvalue weighted by Gasteiger charge is 2.26. The third-order valence-corrected chi connectivity index (χ3v) is 3.53. The summed E-state index contributed by atoms with van der Waals surface area (Å²) in [6, 6.07) is 6.26. The number of methoxy groups -OCH3 is 1. The Morgan fingerprint density at radius 3 is 2.44 bits per heavy atom. The van der Waals surface area contributed by atoms with Gasteiger partial charge in [0.25, 0.3) is 0 Å². The molecule has 1 aromatic rings. The van der Waals surface area contributed by atoms with Crippen molar-refractivity contribution in [1.29, 1.82) is 0 Å². The maximum atomic E-state index is 9.61. The van der Waals surface area contributed by atoms with Crippen LogP contribution in [0.2, 0.25) is 0 Å². The van der Waals surface area contributed by atoms with Crippen LogP contribution in [0.25, 0.3) is 0 Å². The molecule has 0 aliphatic rings. The third kappa shape index (κ3) is 3.24. The van der Waals surface area contributed by atoms with Gasteiger partial charge in [0, 0.05) is 24.1 Å². The number of benzene rings is 1. The average molecular weight is 251 g/mol. The van der Waals surface area contributed by atoms with Gasteiger partial charge in [-0.2, -0.15) is 0 Å². The molecule has 2 N–H and O–H groups in total. The zero-order valence-corrected chi connectivity index (χ0v) is 12.0. The molecule has 0 bridgehead atoms. The average Bonchev–Trinajstić information content (AvgIpc) is 2.35. The molecule has 1 aromatic carbocycles. The molecule has 18 heavy (non-hydrogen) atoms. The molecule has 1 rings (SSSR count). The number of hydrogen-bond acceptors (Lipinski definition) is 3. The summed E-state index contributed by atoms with van der Waals surface area (Å²) in [6.07, 6.45) is 0. The molecule has 0 heterocycles. The highest BCUT2D eigenvalue weighted by Crippen LogP contribution is 2.33. The van der Waals surface area contributed by atoms with Crippen molar-refractivity contribution in [3.05, 3.63) is 29.3 Å². The quantitative estimate of drug-likeness (QED) is 0.816. The Balaban J connectivity index is 3.18. The van der Waals surface area contributed by atoms with Crippen LogP contribution in [-0.2, 0) is 0 Å². The second-order valence-corrected chi connectivity index (χ2v) is 5.10. The van der Waals surface area contributed by atoms with Gasteiger partial charge in [0.1, 0.15) is 5.75 Å². The molecule has 0 radical (unpaired) electrons. The molecule has 3 heteroatoms. The molecule has 0 saturated carbocycles. The predicted molar refractivity (Wildman–Crippen MR) is 74.9 cm³/mol. The van der Waals surface area contributed by atoms with Gasteiger partial charge in [0.2, 0.25) is 0 Å². The van der Waals surface area contributed by atoms with Gasteiger partial charge < -0.3 is 15.2 Å². The number of hydrogen-bond donors (Lipinski definition) is 2. The van der Waals surface area contributed by atoms with Crippen LogP contribution in [0.5, 0.6) is 5.75 Å². The summed E-state index contributed by atoms with van der Waals surface area (Å²) in [7, 11) is 3.61. The van der Waals surface area contributed by atoms with Crippen LogP contribution in [0.4, 0.5) is 0 Å². The lowest BCUT2D eigenvalue weighted by molar-refractivity contribution is 0.153. The highest BCUT2D eigenvalue weighted by molar-refractivity contribution is 5.39. The maximum Gasteiger partial charge on any atom is 0.123 e. The van der Waals surface area contributed by atoms with Crippen LogP contribution in [0.1, 0.15) is 31.0 Å². The minimum absolute atomic E-state index is 0.102. The van der Waals surface area contributed by atoms with Gasteiger partial charge in [-0.1, -0.05) is 31.5 Å². The third-order valence-electron chi connectivity index (χ3n) is 3.53. The largest absolute Gasteiger partial charge is 0.496 e. The van der Waals surface area contributed by atoms with Gasteiger partial charge in [-0.25, -0.2) is 0 Å². The van der Waals surface area contributed by atoms with E-state index in [1.54, 1.807) is 7.11 Å². The monoisotopic (exact) mass is 251 g/mol. The molecular formula is C15H25NO2. The van der Waals surface area contributed by atoms with Crippen molar-refractivity contribution in [3.8, 4) is 5.75 Å². The van der Waals surface area contributed by atoms with Crippen LogP contribution in [0.15, 0.2) is 18.2 Å². The molecule has 2 unspecified atom stereocenters. The van der Waals surface area contributed by atoms with E-state index in [4.69, 9.17) is 4.74 Å². The van der Waals surface area contributed by atoms with E-state index in [1.807, 2.05) is 19.2 Å². The van der Waals surface area contributed by atoms with E-state index in [0.717, 1.165) is 11.3 Å². The number of aryl methyl sites for hydroxylation is 1. The van der Waals surface area contributed by atoms with E-state index in [9.17, 15) is 5.11 Å². The predicted octanol–water partition coefficient (Wildman–Crippen LogP) is 2.53. The van der Waals surface area contributed by atoms with E-state index in [2.05, 4.69) is 32.2 Å². The molecule has 0 aliphatic carbocycles. The van der Waals surface area contributed by atoms with Gasteiger partial charge in [0.15, 0.2) is 0 Å². The fraction of sp³-hybridized carbons (Fsp3) is 0.600. The van der Waals surface area contributed by atoms with Crippen molar-refractivity contribution in [2.24, 2.45) is 11.8 Å². The number of aliphatic hydroxyl groups excluding tert-OH is 1. The lowest BCUT2D eigenvalue weighted by Crippen LogP contribution is -2.31. The summed E-state index contributed by atoms with van der Waals surface area (Å²) in [5.41, 5.74) is 2.32. The van der Waals surface area contributed by atoms with Crippen LogP contribution in [0, 0.1) is 18.8 Å². The fourth-order valence-electron chi connectivity index (χ4n) is 2.40.